The van der Waals surface area contributed by atoms with Crippen molar-refractivity contribution >= 4 is 28.3 Å². The lowest BCUT2D eigenvalue weighted by Gasteiger charge is -2.07. The van der Waals surface area contributed by atoms with Gasteiger partial charge in [-0.05, 0) is 39.0 Å². The van der Waals surface area contributed by atoms with Crippen LogP contribution in [-0.2, 0) is 9.53 Å². The molecule has 0 aliphatic carbocycles. The van der Waals surface area contributed by atoms with Gasteiger partial charge in [0.05, 0.1) is 17.8 Å². The van der Waals surface area contributed by atoms with Gasteiger partial charge in [0, 0.05) is 11.1 Å². The number of esters is 1. The van der Waals surface area contributed by atoms with Gasteiger partial charge < -0.3 is 15.0 Å². The van der Waals surface area contributed by atoms with Gasteiger partial charge >= 0.3 is 5.97 Å². The summed E-state index contributed by atoms with van der Waals surface area (Å²) >= 11 is 0. The molecule has 5 heteroatoms. The molecule has 0 radical (unpaired) electrons. The lowest BCUT2D eigenvalue weighted by Crippen LogP contribution is -2.04. The number of aromatic nitrogens is 1. The summed E-state index contributed by atoms with van der Waals surface area (Å²) in [7, 11) is 0. The molecule has 1 aromatic heterocycles. The summed E-state index contributed by atoms with van der Waals surface area (Å²) in [6, 6.07) is 7.42. The monoisotopic (exact) mass is 286 g/mol. The van der Waals surface area contributed by atoms with Crippen LogP contribution in [0.15, 0.2) is 36.0 Å². The molecule has 1 aromatic carbocycles. The van der Waals surface area contributed by atoms with Crippen molar-refractivity contribution in [1.82, 2.24) is 4.98 Å². The number of allylic oxidation sites excluding steroid dienone is 2. The van der Waals surface area contributed by atoms with Crippen molar-refractivity contribution in [3.8, 4) is 0 Å². The summed E-state index contributed by atoms with van der Waals surface area (Å²) < 4.78 is 4.98. The van der Waals surface area contributed by atoms with Gasteiger partial charge in [-0.1, -0.05) is 12.1 Å². The molecule has 2 aromatic rings. The number of para-hydroxylation sites is 1. The Kier molecular flexibility index (Phi) is 4.42. The predicted molar refractivity (Wildman–Crippen MR) is 82.3 cm³/mol. The van der Waals surface area contributed by atoms with E-state index < -0.39 is 0 Å². The third-order valence-electron chi connectivity index (χ3n) is 2.90. The van der Waals surface area contributed by atoms with Crippen LogP contribution in [0.25, 0.3) is 10.9 Å². The van der Waals surface area contributed by atoms with E-state index in [-0.39, 0.29) is 11.8 Å². The Balaban J connectivity index is 2.37. The Morgan fingerprint density at radius 2 is 2.10 bits per heavy atom. The molecular weight excluding hydrogens is 268 g/mol. The van der Waals surface area contributed by atoms with Crippen molar-refractivity contribution in [3.05, 3.63) is 41.7 Å². The molecule has 2 N–H and O–H groups in total. The highest BCUT2D eigenvalue weighted by atomic mass is 16.5. The fourth-order valence-electron chi connectivity index (χ4n) is 2.13. The van der Waals surface area contributed by atoms with Gasteiger partial charge in [0.15, 0.2) is 5.78 Å². The summed E-state index contributed by atoms with van der Waals surface area (Å²) in [4.78, 5) is 25.9. The number of hydrogen-bond donors (Lipinski definition) is 2. The third-order valence-corrected chi connectivity index (χ3v) is 2.90. The van der Waals surface area contributed by atoms with Crippen LogP contribution in [-0.4, -0.2) is 23.3 Å². The van der Waals surface area contributed by atoms with Crippen LogP contribution in [0.2, 0.25) is 0 Å². The summed E-state index contributed by atoms with van der Waals surface area (Å²) in [6.45, 7) is 5.41. The molecule has 0 aliphatic rings. The van der Waals surface area contributed by atoms with Gasteiger partial charge in [-0.2, -0.15) is 0 Å². The molecular formula is C16H18N2O3. The Labute approximate surface area is 123 Å². The fraction of sp³-hybridized carbons (Fsp3) is 0.250. The van der Waals surface area contributed by atoms with E-state index in [4.69, 9.17) is 4.74 Å². The number of nitrogens with one attached hydrogen (secondary N) is 2. The van der Waals surface area contributed by atoms with E-state index in [2.05, 4.69) is 10.3 Å². The first-order chi connectivity index (χ1) is 10.0. The van der Waals surface area contributed by atoms with E-state index >= 15 is 0 Å². The first-order valence-electron chi connectivity index (χ1n) is 6.76. The molecule has 0 amide bonds. The van der Waals surface area contributed by atoms with Gasteiger partial charge in [-0.25, -0.2) is 4.79 Å². The zero-order valence-electron chi connectivity index (χ0n) is 12.3. The Hall–Kier alpha value is -2.56. The Morgan fingerprint density at radius 3 is 2.76 bits per heavy atom. The molecule has 0 aliphatic heterocycles. The number of H-pyrrole nitrogens is 1. The van der Waals surface area contributed by atoms with Crippen LogP contribution in [0.3, 0.4) is 0 Å². The second-order valence-electron chi connectivity index (χ2n) is 4.74. The molecule has 5 nitrogen and oxygen atoms in total. The summed E-state index contributed by atoms with van der Waals surface area (Å²) in [5, 5.41) is 4.06. The first kappa shape index (κ1) is 14.8. The van der Waals surface area contributed by atoms with E-state index in [1.54, 1.807) is 13.0 Å². The number of carbonyl (C=O) groups is 2. The zero-order valence-corrected chi connectivity index (χ0v) is 12.3. The SMILES string of the molecule is CCOC(=O)c1cc2cccc(N/C(C)=C\C(C)=O)c2[nH]1. The molecule has 0 fully saturated rings. The van der Waals surface area contributed by atoms with Crippen LogP contribution in [0, 0.1) is 0 Å². The standard InChI is InChI=1S/C16H18N2O3/c1-4-21-16(20)14-9-12-6-5-7-13(15(12)18-14)17-10(2)8-11(3)19/h5-9,17-18H,4H2,1-3H3/b10-8-. The zero-order chi connectivity index (χ0) is 15.4. The molecule has 21 heavy (non-hydrogen) atoms. The van der Waals surface area contributed by atoms with Crippen molar-refractivity contribution in [2.24, 2.45) is 0 Å². The maximum absolute atomic E-state index is 11.8. The van der Waals surface area contributed by atoms with E-state index in [0.29, 0.717) is 12.3 Å². The van der Waals surface area contributed by atoms with Crippen LogP contribution in [0.4, 0.5) is 5.69 Å². The normalized spacial score (nSPS) is 11.5. The third kappa shape index (κ3) is 3.51. The first-order valence-corrected chi connectivity index (χ1v) is 6.76. The largest absolute Gasteiger partial charge is 0.461 e. The molecule has 0 bridgehead atoms. The van der Waals surface area contributed by atoms with Gasteiger partial charge in [0.2, 0.25) is 0 Å². The second kappa shape index (κ2) is 6.26. The van der Waals surface area contributed by atoms with Gasteiger partial charge in [-0.3, -0.25) is 4.79 Å². The number of ether oxygens (including phenoxy) is 1. The van der Waals surface area contributed by atoms with E-state index in [1.165, 1.54) is 13.0 Å². The van der Waals surface area contributed by atoms with E-state index in [9.17, 15) is 9.59 Å². The Bertz CT molecular complexity index is 713. The quantitative estimate of drug-likeness (QED) is 0.654. The summed E-state index contributed by atoms with van der Waals surface area (Å²) in [6.07, 6.45) is 1.52. The summed E-state index contributed by atoms with van der Waals surface area (Å²) in [5.74, 6) is -0.401. The van der Waals surface area contributed by atoms with Crippen molar-refractivity contribution in [3.63, 3.8) is 0 Å². The maximum Gasteiger partial charge on any atom is 0.354 e. The van der Waals surface area contributed by atoms with Crippen LogP contribution < -0.4 is 5.32 Å². The number of hydrogen-bond acceptors (Lipinski definition) is 4. The molecule has 0 saturated heterocycles. The lowest BCUT2D eigenvalue weighted by molar-refractivity contribution is -0.112. The number of fused-ring (bicyclic) bond motifs is 1. The van der Waals surface area contributed by atoms with Crippen LogP contribution in [0.1, 0.15) is 31.3 Å². The maximum atomic E-state index is 11.8. The second-order valence-corrected chi connectivity index (χ2v) is 4.74. The predicted octanol–water partition coefficient (Wildman–Crippen LogP) is 3.25. The minimum Gasteiger partial charge on any atom is -0.461 e. The Morgan fingerprint density at radius 1 is 1.33 bits per heavy atom. The van der Waals surface area contributed by atoms with Crippen LogP contribution >= 0.6 is 0 Å². The lowest BCUT2D eigenvalue weighted by atomic mass is 10.2. The average molecular weight is 286 g/mol. The molecule has 0 spiro atoms. The van der Waals surface area contributed by atoms with E-state index in [1.807, 2.05) is 25.1 Å². The number of ketones is 1. The number of benzene rings is 1. The molecule has 110 valence electrons. The molecule has 0 saturated carbocycles. The fourth-order valence-corrected chi connectivity index (χ4v) is 2.13. The highest BCUT2D eigenvalue weighted by Crippen LogP contribution is 2.25. The average Bonchev–Trinajstić information content (AvgIpc) is 2.83. The molecule has 2 rings (SSSR count). The number of carbonyl (C=O) groups excluding carboxylic acids is 2. The van der Waals surface area contributed by atoms with Crippen molar-refractivity contribution in [2.45, 2.75) is 20.8 Å². The minimum absolute atomic E-state index is 0.0223. The highest BCUT2D eigenvalue weighted by molar-refractivity contribution is 5.99. The van der Waals surface area contributed by atoms with Crippen molar-refractivity contribution in [2.75, 3.05) is 11.9 Å². The minimum atomic E-state index is -0.379. The molecule has 0 unspecified atom stereocenters. The smallest absolute Gasteiger partial charge is 0.354 e. The van der Waals surface area contributed by atoms with E-state index in [0.717, 1.165) is 22.3 Å². The number of anilines is 1. The highest BCUT2D eigenvalue weighted by Gasteiger charge is 2.12. The number of aromatic amines is 1. The van der Waals surface area contributed by atoms with Crippen molar-refractivity contribution in [1.29, 1.82) is 0 Å². The molecule has 0 atom stereocenters. The van der Waals surface area contributed by atoms with Gasteiger partial charge in [0.1, 0.15) is 5.69 Å². The van der Waals surface area contributed by atoms with Crippen LogP contribution in [0.5, 0.6) is 0 Å². The van der Waals surface area contributed by atoms with Gasteiger partial charge in [-0.15, -0.1) is 0 Å². The van der Waals surface area contributed by atoms with Gasteiger partial charge in [0.25, 0.3) is 0 Å². The molecule has 1 heterocycles. The number of rotatable bonds is 5. The summed E-state index contributed by atoms with van der Waals surface area (Å²) in [5.41, 5.74) is 2.76. The van der Waals surface area contributed by atoms with Crippen molar-refractivity contribution < 1.29 is 14.3 Å². The topological polar surface area (TPSA) is 71.2 Å².